The molecule has 3 rings (SSSR count). The van der Waals surface area contributed by atoms with Crippen molar-refractivity contribution in [1.82, 2.24) is 4.90 Å². The third kappa shape index (κ3) is 2.01. The van der Waals surface area contributed by atoms with Gasteiger partial charge in [0.2, 0.25) is 0 Å². The van der Waals surface area contributed by atoms with E-state index in [1.54, 1.807) is 12.0 Å². The normalized spacial score (nSPS) is 18.7. The van der Waals surface area contributed by atoms with Gasteiger partial charge in [0.15, 0.2) is 0 Å². The Hall–Kier alpha value is -1.79. The molecule has 0 saturated carbocycles. The van der Waals surface area contributed by atoms with E-state index in [0.717, 1.165) is 16.5 Å². The average Bonchev–Trinajstić information content (AvgIpc) is 3.02. The van der Waals surface area contributed by atoms with Gasteiger partial charge >= 0.3 is 0 Å². The molecule has 1 fully saturated rings. The standard InChI is InChI=1S/C14H17N3O2S/c1-19-9-3-2-4-10-11(9)12(16)13(20-10)14(18)17-6-5-8(15)7-17/h2-4,8H,5-7,15-16H2,1H3. The van der Waals surface area contributed by atoms with Crippen LogP contribution in [-0.4, -0.2) is 37.0 Å². The molecule has 0 aliphatic carbocycles. The Morgan fingerprint density at radius 2 is 2.30 bits per heavy atom. The summed E-state index contributed by atoms with van der Waals surface area (Å²) in [5.41, 5.74) is 12.5. The molecule has 1 saturated heterocycles. The van der Waals surface area contributed by atoms with E-state index in [9.17, 15) is 4.79 Å². The molecule has 6 heteroatoms. The molecule has 5 nitrogen and oxygen atoms in total. The summed E-state index contributed by atoms with van der Waals surface area (Å²) in [6.45, 7) is 1.30. The SMILES string of the molecule is COc1cccc2sc(C(=O)N3CCC(N)C3)c(N)c12. The monoisotopic (exact) mass is 291 g/mol. The first-order chi connectivity index (χ1) is 9.61. The van der Waals surface area contributed by atoms with Gasteiger partial charge < -0.3 is 21.1 Å². The molecular formula is C14H17N3O2S. The molecule has 1 aromatic heterocycles. The number of thiophene rings is 1. The van der Waals surface area contributed by atoms with E-state index < -0.39 is 0 Å². The third-order valence-corrected chi connectivity index (χ3v) is 4.80. The fourth-order valence-electron chi connectivity index (χ4n) is 2.58. The summed E-state index contributed by atoms with van der Waals surface area (Å²) in [5, 5.41) is 0.826. The lowest BCUT2D eigenvalue weighted by Crippen LogP contribution is -2.31. The highest BCUT2D eigenvalue weighted by Gasteiger charge is 2.28. The number of methoxy groups -OCH3 is 1. The first-order valence-corrected chi connectivity index (χ1v) is 7.33. The Balaban J connectivity index is 2.04. The van der Waals surface area contributed by atoms with E-state index in [1.165, 1.54) is 11.3 Å². The minimum atomic E-state index is -0.0290. The van der Waals surface area contributed by atoms with Gasteiger partial charge in [-0.05, 0) is 18.6 Å². The number of amides is 1. The molecule has 0 spiro atoms. The molecule has 1 aliphatic heterocycles. The van der Waals surface area contributed by atoms with Crippen LogP contribution in [0.5, 0.6) is 5.75 Å². The largest absolute Gasteiger partial charge is 0.496 e. The quantitative estimate of drug-likeness (QED) is 0.881. The Kier molecular flexibility index (Phi) is 3.27. The Labute approximate surface area is 121 Å². The highest BCUT2D eigenvalue weighted by atomic mass is 32.1. The van der Waals surface area contributed by atoms with Gasteiger partial charge in [0.1, 0.15) is 10.6 Å². The number of anilines is 1. The fraction of sp³-hybridized carbons (Fsp3) is 0.357. The summed E-state index contributed by atoms with van der Waals surface area (Å²) in [4.78, 5) is 14.9. The van der Waals surface area contributed by atoms with Crippen molar-refractivity contribution < 1.29 is 9.53 Å². The lowest BCUT2D eigenvalue weighted by atomic mass is 10.2. The zero-order chi connectivity index (χ0) is 14.3. The van der Waals surface area contributed by atoms with Gasteiger partial charge in [0, 0.05) is 23.8 Å². The maximum Gasteiger partial charge on any atom is 0.266 e. The number of rotatable bonds is 2. The molecule has 1 aromatic carbocycles. The molecule has 1 amide bonds. The molecule has 4 N–H and O–H groups in total. The number of benzene rings is 1. The molecule has 106 valence electrons. The summed E-state index contributed by atoms with van der Waals surface area (Å²) in [5.74, 6) is 0.673. The number of fused-ring (bicyclic) bond motifs is 1. The van der Waals surface area contributed by atoms with Crippen LogP contribution in [-0.2, 0) is 0 Å². The first kappa shape index (κ1) is 13.2. The van der Waals surface area contributed by atoms with Gasteiger partial charge in [-0.15, -0.1) is 11.3 Å². The second kappa shape index (κ2) is 4.96. The zero-order valence-electron chi connectivity index (χ0n) is 11.3. The van der Waals surface area contributed by atoms with E-state index >= 15 is 0 Å². The van der Waals surface area contributed by atoms with Crippen LogP contribution < -0.4 is 16.2 Å². The summed E-state index contributed by atoms with van der Waals surface area (Å²) >= 11 is 1.41. The lowest BCUT2D eigenvalue weighted by molar-refractivity contribution is 0.0796. The molecular weight excluding hydrogens is 274 g/mol. The van der Waals surface area contributed by atoms with E-state index in [-0.39, 0.29) is 11.9 Å². The van der Waals surface area contributed by atoms with Crippen LogP contribution in [0.15, 0.2) is 18.2 Å². The Morgan fingerprint density at radius 3 is 2.95 bits per heavy atom. The molecule has 1 atom stereocenters. The number of nitrogens with two attached hydrogens (primary N) is 2. The minimum Gasteiger partial charge on any atom is -0.496 e. The molecule has 2 aromatic rings. The summed E-state index contributed by atoms with van der Waals surface area (Å²) in [6.07, 6.45) is 0.847. The third-order valence-electron chi connectivity index (χ3n) is 3.64. The van der Waals surface area contributed by atoms with Crippen LogP contribution in [0.3, 0.4) is 0 Å². The van der Waals surface area contributed by atoms with Gasteiger partial charge in [-0.2, -0.15) is 0 Å². The summed E-state index contributed by atoms with van der Waals surface area (Å²) in [6, 6.07) is 5.78. The van der Waals surface area contributed by atoms with Gasteiger partial charge in [-0.1, -0.05) is 6.07 Å². The van der Waals surface area contributed by atoms with Crippen LogP contribution in [0.2, 0.25) is 0 Å². The van der Waals surface area contributed by atoms with Crippen molar-refractivity contribution in [3.63, 3.8) is 0 Å². The van der Waals surface area contributed by atoms with Crippen molar-refractivity contribution in [3.8, 4) is 5.75 Å². The zero-order valence-corrected chi connectivity index (χ0v) is 12.1. The number of ether oxygens (including phenoxy) is 1. The van der Waals surface area contributed by atoms with Gasteiger partial charge in [0.25, 0.3) is 5.91 Å². The summed E-state index contributed by atoms with van der Waals surface area (Å²) in [7, 11) is 1.60. The van der Waals surface area contributed by atoms with E-state index in [2.05, 4.69) is 0 Å². The van der Waals surface area contributed by atoms with Crippen LogP contribution in [0.4, 0.5) is 5.69 Å². The lowest BCUT2D eigenvalue weighted by Gasteiger charge is -2.14. The maximum absolute atomic E-state index is 12.5. The van der Waals surface area contributed by atoms with Crippen molar-refractivity contribution in [2.45, 2.75) is 12.5 Å². The predicted octanol–water partition coefficient (Wildman–Crippen LogP) is 1.67. The van der Waals surface area contributed by atoms with E-state index in [4.69, 9.17) is 16.2 Å². The van der Waals surface area contributed by atoms with Crippen molar-refractivity contribution in [3.05, 3.63) is 23.1 Å². The Morgan fingerprint density at radius 1 is 1.50 bits per heavy atom. The van der Waals surface area contributed by atoms with Gasteiger partial charge in [-0.25, -0.2) is 0 Å². The fourth-order valence-corrected chi connectivity index (χ4v) is 3.69. The molecule has 20 heavy (non-hydrogen) atoms. The molecule has 0 bridgehead atoms. The van der Waals surface area contributed by atoms with E-state index in [1.807, 2.05) is 18.2 Å². The van der Waals surface area contributed by atoms with Crippen LogP contribution in [0.25, 0.3) is 10.1 Å². The second-order valence-corrected chi connectivity index (χ2v) is 6.03. The molecule has 1 unspecified atom stereocenters. The van der Waals surface area contributed by atoms with Crippen LogP contribution in [0.1, 0.15) is 16.1 Å². The second-order valence-electron chi connectivity index (χ2n) is 4.98. The highest BCUT2D eigenvalue weighted by molar-refractivity contribution is 7.21. The molecule has 2 heterocycles. The number of nitrogens with zero attached hydrogens (tertiary/aromatic N) is 1. The number of hydrogen-bond acceptors (Lipinski definition) is 5. The minimum absolute atomic E-state index is 0.0290. The van der Waals surface area contributed by atoms with Crippen LogP contribution in [0, 0.1) is 0 Å². The van der Waals surface area contributed by atoms with E-state index in [0.29, 0.717) is 29.4 Å². The van der Waals surface area contributed by atoms with Crippen molar-refractivity contribution in [2.24, 2.45) is 5.73 Å². The highest BCUT2D eigenvalue weighted by Crippen LogP contribution is 2.40. The average molecular weight is 291 g/mol. The number of nitrogen functional groups attached to an aromatic ring is 1. The smallest absolute Gasteiger partial charge is 0.266 e. The van der Waals surface area contributed by atoms with Crippen molar-refractivity contribution in [1.29, 1.82) is 0 Å². The Bertz CT molecular complexity index is 668. The van der Waals surface area contributed by atoms with Crippen LogP contribution >= 0.6 is 11.3 Å². The van der Waals surface area contributed by atoms with Gasteiger partial charge in [-0.3, -0.25) is 4.79 Å². The first-order valence-electron chi connectivity index (χ1n) is 6.51. The predicted molar refractivity (Wildman–Crippen MR) is 81.3 cm³/mol. The van der Waals surface area contributed by atoms with Crippen molar-refractivity contribution in [2.75, 3.05) is 25.9 Å². The van der Waals surface area contributed by atoms with Crippen molar-refractivity contribution >= 4 is 33.0 Å². The molecule has 0 radical (unpaired) electrons. The van der Waals surface area contributed by atoms with Gasteiger partial charge in [0.05, 0.1) is 18.2 Å². The summed E-state index contributed by atoms with van der Waals surface area (Å²) < 4.78 is 6.29. The topological polar surface area (TPSA) is 81.6 Å². The maximum atomic E-state index is 12.5. The molecule has 1 aliphatic rings. The number of carbonyl (C=O) groups is 1. The number of likely N-dealkylation sites (tertiary alicyclic amines) is 1. The number of carbonyl (C=O) groups excluding carboxylic acids is 1. The number of hydrogen-bond donors (Lipinski definition) is 2.